The van der Waals surface area contributed by atoms with E-state index in [0.717, 1.165) is 65.0 Å². The third-order valence-corrected chi connectivity index (χ3v) is 5.68. The van der Waals surface area contributed by atoms with Crippen molar-refractivity contribution in [3.05, 3.63) is 67.0 Å². The molecule has 3 heterocycles. The second kappa shape index (κ2) is 8.20. The van der Waals surface area contributed by atoms with Crippen LogP contribution >= 0.6 is 0 Å². The van der Waals surface area contributed by atoms with E-state index in [4.69, 9.17) is 0 Å². The smallest absolute Gasteiger partial charge is 0.323 e. The number of nitrogens with one attached hydrogen (secondary N) is 2. The molecule has 7 heteroatoms. The zero-order valence-corrected chi connectivity index (χ0v) is 17.4. The molecule has 156 valence electrons. The van der Waals surface area contributed by atoms with E-state index >= 15 is 0 Å². The zero-order valence-electron chi connectivity index (χ0n) is 17.4. The molecular weight excluding hydrogens is 388 g/mol. The quantitative estimate of drug-likeness (QED) is 0.528. The summed E-state index contributed by atoms with van der Waals surface area (Å²) >= 11 is 0. The van der Waals surface area contributed by atoms with Crippen LogP contribution in [0.2, 0.25) is 0 Å². The van der Waals surface area contributed by atoms with Gasteiger partial charge in [0.15, 0.2) is 0 Å². The third-order valence-electron chi connectivity index (χ3n) is 5.68. The molecule has 1 saturated heterocycles. The van der Waals surface area contributed by atoms with Gasteiger partial charge in [-0.05, 0) is 55.6 Å². The Bertz CT molecular complexity index is 1250. The summed E-state index contributed by atoms with van der Waals surface area (Å²) in [5.41, 5.74) is 4.43. The first-order valence-electron chi connectivity index (χ1n) is 10.4. The van der Waals surface area contributed by atoms with Crippen molar-refractivity contribution in [2.24, 2.45) is 0 Å². The van der Waals surface area contributed by atoms with Crippen molar-refractivity contribution >= 4 is 44.9 Å². The number of rotatable bonds is 3. The molecule has 4 aromatic rings. The number of aromatic nitrogens is 2. The molecule has 2 aromatic heterocycles. The van der Waals surface area contributed by atoms with Crippen molar-refractivity contribution in [1.29, 1.82) is 0 Å². The van der Waals surface area contributed by atoms with E-state index in [-0.39, 0.29) is 6.03 Å². The van der Waals surface area contributed by atoms with Crippen molar-refractivity contribution in [2.45, 2.75) is 0 Å². The highest BCUT2D eigenvalue weighted by atomic mass is 16.2. The minimum Gasteiger partial charge on any atom is -0.368 e. The maximum Gasteiger partial charge on any atom is 0.323 e. The third kappa shape index (κ3) is 4.13. The highest BCUT2D eigenvalue weighted by Gasteiger charge is 2.17. The highest BCUT2D eigenvalue weighted by molar-refractivity contribution is 6.03. The van der Waals surface area contributed by atoms with Crippen LogP contribution in [-0.4, -0.2) is 54.1 Å². The van der Waals surface area contributed by atoms with Gasteiger partial charge in [-0.2, -0.15) is 0 Å². The number of carbonyl (C=O) groups is 1. The van der Waals surface area contributed by atoms with Crippen molar-refractivity contribution in [1.82, 2.24) is 14.9 Å². The summed E-state index contributed by atoms with van der Waals surface area (Å²) in [5.74, 6) is 0. The number of anilines is 3. The predicted molar refractivity (Wildman–Crippen MR) is 126 cm³/mol. The van der Waals surface area contributed by atoms with Gasteiger partial charge in [-0.1, -0.05) is 6.07 Å². The van der Waals surface area contributed by atoms with Crippen molar-refractivity contribution < 1.29 is 4.79 Å². The van der Waals surface area contributed by atoms with Crippen LogP contribution in [0.1, 0.15) is 0 Å². The fourth-order valence-electron chi connectivity index (χ4n) is 3.98. The van der Waals surface area contributed by atoms with Gasteiger partial charge in [0.05, 0.1) is 11.0 Å². The lowest BCUT2D eigenvalue weighted by Gasteiger charge is -2.34. The van der Waals surface area contributed by atoms with Crippen LogP contribution in [0, 0.1) is 0 Å². The summed E-state index contributed by atoms with van der Waals surface area (Å²) in [7, 11) is 2.15. The summed E-state index contributed by atoms with van der Waals surface area (Å²) < 4.78 is 0. The van der Waals surface area contributed by atoms with E-state index in [2.05, 4.69) is 43.5 Å². The van der Waals surface area contributed by atoms with Gasteiger partial charge in [0.1, 0.15) is 0 Å². The second-order valence-electron chi connectivity index (χ2n) is 7.84. The molecule has 7 nitrogen and oxygen atoms in total. The van der Waals surface area contributed by atoms with Crippen molar-refractivity contribution in [3.63, 3.8) is 0 Å². The Balaban J connectivity index is 1.35. The Morgan fingerprint density at radius 3 is 2.35 bits per heavy atom. The highest BCUT2D eigenvalue weighted by Crippen LogP contribution is 2.29. The molecule has 0 radical (unpaired) electrons. The lowest BCUT2D eigenvalue weighted by Crippen LogP contribution is -2.44. The normalized spacial score (nSPS) is 14.7. The lowest BCUT2D eigenvalue weighted by atomic mass is 10.1. The predicted octanol–water partition coefficient (Wildman–Crippen LogP) is 4.18. The SMILES string of the molecule is CN1CCN(c2ccnc3ccc(NC(=O)Nc4ccc5ncccc5c4)cc23)CC1. The van der Waals surface area contributed by atoms with E-state index in [1.54, 1.807) is 6.20 Å². The van der Waals surface area contributed by atoms with Crippen LogP contribution < -0.4 is 15.5 Å². The molecule has 2 N–H and O–H groups in total. The van der Waals surface area contributed by atoms with Crippen molar-refractivity contribution in [2.75, 3.05) is 48.8 Å². The zero-order chi connectivity index (χ0) is 21.2. The first-order chi connectivity index (χ1) is 15.2. The number of amides is 2. The molecule has 0 spiro atoms. The average Bonchev–Trinajstić information content (AvgIpc) is 2.79. The number of fused-ring (bicyclic) bond motifs is 2. The maximum absolute atomic E-state index is 12.6. The first kappa shape index (κ1) is 19.3. The molecular formula is C24H24N6O. The number of hydrogen-bond donors (Lipinski definition) is 2. The fraction of sp³-hybridized carbons (Fsp3) is 0.208. The van der Waals surface area contributed by atoms with E-state index in [1.807, 2.05) is 54.7 Å². The molecule has 0 atom stereocenters. The molecule has 1 aliphatic rings. The van der Waals surface area contributed by atoms with E-state index in [9.17, 15) is 4.79 Å². The fourth-order valence-corrected chi connectivity index (χ4v) is 3.98. The molecule has 2 aromatic carbocycles. The van der Waals surface area contributed by atoms with Crippen LogP contribution in [0.5, 0.6) is 0 Å². The van der Waals surface area contributed by atoms with Gasteiger partial charge in [-0.3, -0.25) is 9.97 Å². The van der Waals surface area contributed by atoms with Crippen LogP contribution in [0.15, 0.2) is 67.0 Å². The number of pyridine rings is 2. The van der Waals surface area contributed by atoms with Crippen LogP contribution in [0.25, 0.3) is 21.8 Å². The lowest BCUT2D eigenvalue weighted by molar-refractivity contribution is 0.262. The van der Waals surface area contributed by atoms with Gasteiger partial charge in [0, 0.05) is 66.4 Å². The molecule has 31 heavy (non-hydrogen) atoms. The molecule has 0 bridgehead atoms. The van der Waals surface area contributed by atoms with Gasteiger partial charge in [0.2, 0.25) is 0 Å². The summed E-state index contributed by atoms with van der Waals surface area (Å²) in [6.07, 6.45) is 3.61. The number of hydrogen-bond acceptors (Lipinski definition) is 5. The summed E-state index contributed by atoms with van der Waals surface area (Å²) in [4.78, 5) is 26.1. The number of nitrogens with zero attached hydrogens (tertiary/aromatic N) is 4. The van der Waals surface area contributed by atoms with Crippen LogP contribution in [-0.2, 0) is 0 Å². The minimum absolute atomic E-state index is 0.285. The number of urea groups is 1. The van der Waals surface area contributed by atoms with Gasteiger partial charge in [0.25, 0.3) is 0 Å². The number of carbonyl (C=O) groups excluding carboxylic acids is 1. The molecule has 0 unspecified atom stereocenters. The monoisotopic (exact) mass is 412 g/mol. The second-order valence-corrected chi connectivity index (χ2v) is 7.84. The molecule has 1 aliphatic heterocycles. The molecule has 2 amide bonds. The van der Waals surface area contributed by atoms with Crippen LogP contribution in [0.4, 0.5) is 21.9 Å². The van der Waals surface area contributed by atoms with Gasteiger partial charge < -0.3 is 20.4 Å². The summed E-state index contributed by atoms with van der Waals surface area (Å²) in [6, 6.07) is 17.1. The summed E-state index contributed by atoms with van der Waals surface area (Å²) in [5, 5.41) is 7.88. The molecule has 0 saturated carbocycles. The van der Waals surface area contributed by atoms with E-state index in [1.165, 1.54) is 0 Å². The van der Waals surface area contributed by atoms with E-state index < -0.39 is 0 Å². The van der Waals surface area contributed by atoms with Gasteiger partial charge >= 0.3 is 6.03 Å². The Kier molecular flexibility index (Phi) is 5.09. The van der Waals surface area contributed by atoms with E-state index in [0.29, 0.717) is 0 Å². The standard InChI is InChI=1S/C24H24N6O/c1-29-11-13-30(14-12-29)23-8-10-26-22-7-5-19(16-20(22)23)28-24(31)27-18-4-6-21-17(15-18)3-2-9-25-21/h2-10,15-16H,11-14H2,1H3,(H2,27,28,31). The number of piperazine rings is 1. The minimum atomic E-state index is -0.285. The Morgan fingerprint density at radius 1 is 0.839 bits per heavy atom. The topological polar surface area (TPSA) is 73.4 Å². The van der Waals surface area contributed by atoms with Gasteiger partial charge in [-0.15, -0.1) is 0 Å². The average molecular weight is 412 g/mol. The number of benzene rings is 2. The number of likely N-dealkylation sites (N-methyl/N-ethyl adjacent to an activating group) is 1. The molecule has 0 aliphatic carbocycles. The molecule has 1 fully saturated rings. The Labute approximate surface area is 180 Å². The van der Waals surface area contributed by atoms with Crippen LogP contribution in [0.3, 0.4) is 0 Å². The van der Waals surface area contributed by atoms with Crippen molar-refractivity contribution in [3.8, 4) is 0 Å². The summed E-state index contributed by atoms with van der Waals surface area (Å²) in [6.45, 7) is 4.02. The largest absolute Gasteiger partial charge is 0.368 e. The molecule has 5 rings (SSSR count). The first-order valence-corrected chi connectivity index (χ1v) is 10.4. The Morgan fingerprint density at radius 2 is 1.55 bits per heavy atom. The maximum atomic E-state index is 12.6. The van der Waals surface area contributed by atoms with Gasteiger partial charge in [-0.25, -0.2) is 4.79 Å². The Hall–Kier alpha value is -3.71.